The van der Waals surface area contributed by atoms with Gasteiger partial charge in [0.2, 0.25) is 0 Å². The minimum absolute atomic E-state index is 0.0436. The topological polar surface area (TPSA) is 363 Å². The Balaban J connectivity index is 0.000000396. The summed E-state index contributed by atoms with van der Waals surface area (Å²) in [5.74, 6) is 0.410. The van der Waals surface area contributed by atoms with Gasteiger partial charge in [0.1, 0.15) is 9.52 Å². The molecule has 0 saturated carbocycles. The van der Waals surface area contributed by atoms with E-state index in [2.05, 4.69) is 90.7 Å². The van der Waals surface area contributed by atoms with Gasteiger partial charge < -0.3 is 30.7 Å². The maximum atomic E-state index is 11.5. The Morgan fingerprint density at radius 2 is 1.11 bits per heavy atom. The van der Waals surface area contributed by atoms with Crippen molar-refractivity contribution in [2.24, 2.45) is 5.14 Å². The zero-order chi connectivity index (χ0) is 49.8. The number of methoxy groups -OCH3 is 1. The summed E-state index contributed by atoms with van der Waals surface area (Å²) in [4.78, 5) is 29.7. The van der Waals surface area contributed by atoms with Crippen LogP contribution in [0.25, 0.3) is 0 Å². The molecule has 0 aromatic carbocycles. The van der Waals surface area contributed by atoms with Crippen LogP contribution in [0, 0.1) is 23.9 Å². The molecule has 0 aliphatic heterocycles. The Morgan fingerprint density at radius 3 is 1.38 bits per heavy atom. The van der Waals surface area contributed by atoms with Gasteiger partial charge in [0.25, 0.3) is 20.0 Å². The number of H-pyrrole nitrogens is 1. The summed E-state index contributed by atoms with van der Waals surface area (Å²) in [5, 5.41) is 49.6. The number of anilines is 1. The number of ether oxygens (including phenoxy) is 1. The van der Waals surface area contributed by atoms with Crippen molar-refractivity contribution in [2.45, 2.75) is 109 Å². The van der Waals surface area contributed by atoms with Crippen LogP contribution in [0.1, 0.15) is 99.4 Å². The Hall–Kier alpha value is -6.28. The first-order chi connectivity index (χ1) is 30.1. The number of carbonyl (C=O) groups excluding carboxylic acids is 1. The normalized spacial score (nSPS) is 10.9. The van der Waals surface area contributed by atoms with Gasteiger partial charge in [-0.3, -0.25) is 18.7 Å². The van der Waals surface area contributed by atoms with Gasteiger partial charge in [-0.1, -0.05) is 5.10 Å². The van der Waals surface area contributed by atoms with E-state index >= 15 is 0 Å². The molecule has 0 unspecified atom stereocenters. The largest absolute Gasteiger partial charge is 0.452 e. The minimum Gasteiger partial charge on any atom is -0.452 e. The summed E-state index contributed by atoms with van der Waals surface area (Å²) in [7, 11) is -6.51. The molecule has 0 saturated heterocycles. The molecule has 65 heavy (non-hydrogen) atoms. The molecular weight excluding hydrogens is 1010 g/mol. The molecule has 0 aliphatic rings. The molecular formula is C35H56IN17O10S2. The average Bonchev–Trinajstić information content (AvgIpc) is 4.07. The van der Waals surface area contributed by atoms with Crippen LogP contribution in [0.2, 0.25) is 0 Å². The zero-order valence-electron chi connectivity index (χ0n) is 37.6. The fourth-order valence-electron chi connectivity index (χ4n) is 4.02. The van der Waals surface area contributed by atoms with Gasteiger partial charge in [-0.2, -0.15) is 33.5 Å². The highest BCUT2D eigenvalue weighted by Crippen LogP contribution is 2.11. The Morgan fingerprint density at radius 1 is 0.677 bits per heavy atom. The predicted molar refractivity (Wildman–Crippen MR) is 246 cm³/mol. The van der Waals surface area contributed by atoms with Crippen molar-refractivity contribution < 1.29 is 36.2 Å². The van der Waals surface area contributed by atoms with Gasteiger partial charge in [0.15, 0.2) is 10.1 Å². The Bertz CT molecular complexity index is 2530. The first-order valence-electron chi connectivity index (χ1n) is 19.2. The number of nitrogens with one attached hydrogen (secondary N) is 2. The number of nitrogen functional groups attached to an aromatic ring is 1. The maximum Gasteiger partial charge on any atom is 0.420 e. The second kappa shape index (κ2) is 26.5. The number of nitrogens with zero attached hydrogens (tertiary/aromatic N) is 13. The summed E-state index contributed by atoms with van der Waals surface area (Å²) >= 11 is 2.20. The van der Waals surface area contributed by atoms with Crippen LogP contribution in [-0.2, 0) is 24.8 Å². The molecule has 27 nitrogen and oxygen atoms in total. The second-order valence-electron chi connectivity index (χ2n) is 14.3. The number of sulfonamides is 2. The van der Waals surface area contributed by atoms with Crippen molar-refractivity contribution in [3.05, 3.63) is 97.5 Å². The van der Waals surface area contributed by atoms with Crippen LogP contribution in [0.4, 0.5) is 22.2 Å². The molecule has 6 aromatic rings. The van der Waals surface area contributed by atoms with Crippen LogP contribution in [0.5, 0.6) is 0 Å². The second-order valence-corrected chi connectivity index (χ2v) is 18.6. The van der Waals surface area contributed by atoms with Crippen molar-refractivity contribution in [3.63, 3.8) is 0 Å². The smallest absolute Gasteiger partial charge is 0.420 e. The monoisotopic (exact) mass is 1070 g/mol. The van der Waals surface area contributed by atoms with Crippen molar-refractivity contribution in [2.75, 3.05) is 12.8 Å². The molecule has 0 atom stereocenters. The molecule has 6 aromatic heterocycles. The van der Waals surface area contributed by atoms with Crippen molar-refractivity contribution in [1.82, 2.24) is 63.8 Å². The molecule has 0 aliphatic carbocycles. The number of primary sulfonamides is 1. The number of rotatable bonds is 10. The molecule has 30 heteroatoms. The average molecular weight is 1070 g/mol. The standard InChI is InChI=1S/C8H13N3O4S.C6H9IN2.C6H11N3O2S.C6H9N3O2.C6H11N3.C3H3N3O2/c1-6(2)11-5-4-7(9-11)16(13,14)10-8(12)15-3;1-5(2)9-4-3-6(7)8-9;1-5(2)9-4-3-6(8-9)12(7,10)11;1-5(2)8-4-3-6(7-8)9(10)11;1-5(2)9-4-3-6(7)8-9;7-6(8)3-1-2-4-5-3/h4-6H,1-3H3,(H,10,12);3-5H,1-2H3;3-5H,1-2H3,(H2,7,10,11);3-5H,1-2H3;3-5H,1-2H3,(H2,7,8);1-2H,(H,4,5). The van der Waals surface area contributed by atoms with Crippen molar-refractivity contribution in [1.29, 1.82) is 0 Å². The van der Waals surface area contributed by atoms with E-state index in [1.54, 1.807) is 32.5 Å². The highest BCUT2D eigenvalue weighted by atomic mass is 127. The lowest BCUT2D eigenvalue weighted by Crippen LogP contribution is -2.30. The third-order valence-corrected chi connectivity index (χ3v) is 10.0. The number of amides is 1. The van der Waals surface area contributed by atoms with Gasteiger partial charge >= 0.3 is 17.7 Å². The first-order valence-corrected chi connectivity index (χ1v) is 23.3. The lowest BCUT2D eigenvalue weighted by atomic mass is 10.4. The van der Waals surface area contributed by atoms with Gasteiger partial charge in [-0.05, 0) is 126 Å². The number of halogens is 1. The fraction of sp³-hybridized carbons (Fsp3) is 0.457. The highest BCUT2D eigenvalue weighted by molar-refractivity contribution is 14.1. The van der Waals surface area contributed by atoms with E-state index < -0.39 is 36.0 Å². The van der Waals surface area contributed by atoms with E-state index in [4.69, 9.17) is 10.9 Å². The van der Waals surface area contributed by atoms with E-state index in [9.17, 15) is 41.9 Å². The van der Waals surface area contributed by atoms with Crippen LogP contribution >= 0.6 is 22.6 Å². The van der Waals surface area contributed by atoms with Crippen LogP contribution in [0.15, 0.2) is 83.6 Å². The van der Waals surface area contributed by atoms with E-state index in [-0.39, 0.29) is 39.8 Å². The van der Waals surface area contributed by atoms with E-state index in [0.717, 1.165) is 10.8 Å². The zero-order valence-corrected chi connectivity index (χ0v) is 41.4. The van der Waals surface area contributed by atoms with Gasteiger partial charge in [-0.25, -0.2) is 23.1 Å². The molecule has 360 valence electrons. The molecule has 0 bridgehead atoms. The minimum atomic E-state index is -3.94. The Kier molecular flexibility index (Phi) is 23.1. The molecule has 0 radical (unpaired) electrons. The van der Waals surface area contributed by atoms with Crippen LogP contribution in [0.3, 0.4) is 0 Å². The van der Waals surface area contributed by atoms with E-state index in [1.165, 1.54) is 41.3 Å². The number of aromatic amines is 1. The molecule has 0 spiro atoms. The SMILES string of the molecule is CC(C)n1ccc(I)n1.CC(C)n1ccc(N)n1.CC(C)n1ccc(S(N)(=O)=O)n1.CC(C)n1ccc([N+](=O)[O-])n1.COC(=O)NS(=O)(=O)c1ccn(C(C)C)n1.O=[N+]([O-])c1ccn[nH]1. The summed E-state index contributed by atoms with van der Waals surface area (Å²) in [6.07, 6.45) is 8.87. The summed E-state index contributed by atoms with van der Waals surface area (Å²) in [6.45, 7) is 19.7. The number of hydrogen-bond acceptors (Lipinski definition) is 17. The van der Waals surface area contributed by atoms with Gasteiger partial charge in [-0.15, -0.1) is 5.10 Å². The third kappa shape index (κ3) is 20.8. The summed E-state index contributed by atoms with van der Waals surface area (Å²) in [5.41, 5.74) is 5.38. The molecule has 6 N–H and O–H groups in total. The summed E-state index contributed by atoms with van der Waals surface area (Å²) in [6, 6.07) is 10.4. The fourth-order valence-corrected chi connectivity index (χ4v) is 5.74. The number of hydrogen-bond donors (Lipinski definition) is 4. The van der Waals surface area contributed by atoms with E-state index in [0.29, 0.717) is 17.9 Å². The lowest BCUT2D eigenvalue weighted by molar-refractivity contribution is -0.389. The number of nitro groups is 2. The highest BCUT2D eigenvalue weighted by Gasteiger charge is 2.21. The lowest BCUT2D eigenvalue weighted by Gasteiger charge is -2.04. The number of carbonyl (C=O) groups is 1. The van der Waals surface area contributed by atoms with Gasteiger partial charge in [0.05, 0.1) is 42.8 Å². The molecule has 6 heterocycles. The Labute approximate surface area is 389 Å². The summed E-state index contributed by atoms with van der Waals surface area (Å²) < 4.78 is 60.0. The first kappa shape index (κ1) is 56.7. The van der Waals surface area contributed by atoms with E-state index in [1.807, 2.05) is 69.4 Å². The molecule has 6 rings (SSSR count). The maximum absolute atomic E-state index is 11.5. The quantitative estimate of drug-likeness (QED) is 0.0755. The number of aromatic nitrogens is 12. The van der Waals surface area contributed by atoms with Crippen LogP contribution in [-0.4, -0.2) is 99.0 Å². The molecule has 1 amide bonds. The predicted octanol–water partition coefficient (Wildman–Crippen LogP) is 5.43. The van der Waals surface area contributed by atoms with Crippen molar-refractivity contribution in [3.8, 4) is 0 Å². The van der Waals surface area contributed by atoms with Crippen molar-refractivity contribution >= 4 is 66.2 Å². The van der Waals surface area contributed by atoms with Gasteiger partial charge in [0, 0.05) is 49.0 Å². The number of nitrogens with two attached hydrogens (primary N) is 2. The van der Waals surface area contributed by atoms with Crippen LogP contribution < -0.4 is 15.6 Å². The third-order valence-electron chi connectivity index (χ3n) is 7.45. The molecule has 0 fully saturated rings.